The molecular weight excluding hydrogens is 429 g/mol. The van der Waals surface area contributed by atoms with Crippen molar-refractivity contribution in [3.8, 4) is 5.75 Å². The van der Waals surface area contributed by atoms with Gasteiger partial charge in [0.1, 0.15) is 5.75 Å². The van der Waals surface area contributed by atoms with Crippen LogP contribution in [0.3, 0.4) is 0 Å². The third kappa shape index (κ3) is 7.27. The van der Waals surface area contributed by atoms with Gasteiger partial charge in [-0.1, -0.05) is 30.3 Å². The Kier molecular flexibility index (Phi) is 8.52. The number of benzene rings is 2. The van der Waals surface area contributed by atoms with Crippen molar-refractivity contribution in [2.45, 2.75) is 6.18 Å². The highest BCUT2D eigenvalue weighted by Gasteiger charge is 2.33. The number of nitrogens with one attached hydrogen (secondary N) is 3. The van der Waals surface area contributed by atoms with Crippen LogP contribution in [0.2, 0.25) is 0 Å². The first-order valence-electron chi connectivity index (χ1n) is 9.12. The molecule has 0 radical (unpaired) electrons. The van der Waals surface area contributed by atoms with Gasteiger partial charge in [0, 0.05) is 12.1 Å². The van der Waals surface area contributed by atoms with Gasteiger partial charge in [-0.3, -0.25) is 14.4 Å². The molecule has 2 aromatic rings. The molecule has 11 heteroatoms. The van der Waals surface area contributed by atoms with Crippen LogP contribution in [0.25, 0.3) is 0 Å². The van der Waals surface area contributed by atoms with Crippen LogP contribution in [0.1, 0.15) is 11.1 Å². The molecule has 0 saturated carbocycles. The third-order valence-electron chi connectivity index (χ3n) is 3.77. The fourth-order valence-corrected chi connectivity index (χ4v) is 2.34. The summed E-state index contributed by atoms with van der Waals surface area (Å²) in [7, 11) is 0. The van der Waals surface area contributed by atoms with Crippen molar-refractivity contribution in [2.24, 2.45) is 5.10 Å². The minimum atomic E-state index is -4.62. The predicted octanol–water partition coefficient (Wildman–Crippen LogP) is 2.48. The lowest BCUT2D eigenvalue weighted by Crippen LogP contribution is -2.37. The van der Waals surface area contributed by atoms with Gasteiger partial charge in [0.2, 0.25) is 0 Å². The first-order chi connectivity index (χ1) is 15.2. The molecule has 0 aliphatic rings. The van der Waals surface area contributed by atoms with Gasteiger partial charge in [0.05, 0.1) is 17.5 Å². The minimum Gasteiger partial charge on any atom is -0.483 e. The van der Waals surface area contributed by atoms with Crippen molar-refractivity contribution >= 4 is 29.6 Å². The number of hydrazone groups is 1. The summed E-state index contributed by atoms with van der Waals surface area (Å²) in [5.74, 6) is -2.52. The fourth-order valence-electron chi connectivity index (χ4n) is 2.34. The molecule has 2 rings (SSSR count). The summed E-state index contributed by atoms with van der Waals surface area (Å²) in [6, 6.07) is 10.9. The van der Waals surface area contributed by atoms with Crippen LogP contribution < -0.4 is 20.8 Å². The number of anilines is 1. The average molecular weight is 448 g/mol. The second-order valence-corrected chi connectivity index (χ2v) is 6.12. The molecule has 3 amide bonds. The molecule has 0 saturated heterocycles. The molecule has 3 N–H and O–H groups in total. The number of carbonyl (C=O) groups is 3. The van der Waals surface area contributed by atoms with E-state index in [1.807, 2.05) is 5.43 Å². The maximum Gasteiger partial charge on any atom is 0.418 e. The Hall–Kier alpha value is -4.15. The fraction of sp³-hybridized carbons (Fsp3) is 0.143. The Morgan fingerprint density at radius 3 is 2.44 bits per heavy atom. The lowest BCUT2D eigenvalue weighted by atomic mass is 10.1. The van der Waals surface area contributed by atoms with Gasteiger partial charge in [0.25, 0.3) is 5.91 Å². The standard InChI is InChI=1S/C21H19F3N4O4/c1-2-11-25-19(30)20(31)28-26-12-14-7-3-6-10-17(14)32-13-18(29)27-16-9-5-4-8-15(16)21(22,23)24/h2-10,12H,1,11,13H2,(H,25,30)(H,27,29)(H,28,31)/b26-12-. The number of hydrogen-bond donors (Lipinski definition) is 3. The van der Waals surface area contributed by atoms with Gasteiger partial charge in [-0.05, 0) is 24.3 Å². The summed E-state index contributed by atoms with van der Waals surface area (Å²) in [6.45, 7) is 2.94. The molecule has 0 unspecified atom stereocenters. The van der Waals surface area contributed by atoms with E-state index < -0.39 is 36.1 Å². The van der Waals surface area contributed by atoms with Crippen LogP contribution in [0, 0.1) is 0 Å². The van der Waals surface area contributed by atoms with E-state index in [0.29, 0.717) is 5.56 Å². The largest absolute Gasteiger partial charge is 0.483 e. The van der Waals surface area contributed by atoms with Crippen LogP contribution >= 0.6 is 0 Å². The highest BCUT2D eigenvalue weighted by Crippen LogP contribution is 2.34. The number of nitrogens with zero attached hydrogens (tertiary/aromatic N) is 1. The molecular formula is C21H19F3N4O4. The number of alkyl halides is 3. The van der Waals surface area contributed by atoms with Crippen LogP contribution in [-0.2, 0) is 20.6 Å². The van der Waals surface area contributed by atoms with Gasteiger partial charge >= 0.3 is 18.0 Å². The topological polar surface area (TPSA) is 109 Å². The molecule has 168 valence electrons. The lowest BCUT2D eigenvalue weighted by molar-refractivity contribution is -0.139. The lowest BCUT2D eigenvalue weighted by Gasteiger charge is -2.14. The summed E-state index contributed by atoms with van der Waals surface area (Å²) in [5.41, 5.74) is 1.01. The van der Waals surface area contributed by atoms with Crippen LogP contribution in [-0.4, -0.2) is 37.1 Å². The number of para-hydroxylation sites is 2. The number of rotatable bonds is 8. The number of halogens is 3. The highest BCUT2D eigenvalue weighted by atomic mass is 19.4. The smallest absolute Gasteiger partial charge is 0.418 e. The summed E-state index contributed by atoms with van der Waals surface area (Å²) in [4.78, 5) is 35.1. The molecule has 0 aromatic heterocycles. The second kappa shape index (κ2) is 11.3. The average Bonchev–Trinajstić information content (AvgIpc) is 2.76. The zero-order valence-electron chi connectivity index (χ0n) is 16.6. The molecule has 0 spiro atoms. The second-order valence-electron chi connectivity index (χ2n) is 6.12. The van der Waals surface area contributed by atoms with Gasteiger partial charge in [0.15, 0.2) is 6.61 Å². The zero-order valence-corrected chi connectivity index (χ0v) is 16.6. The van der Waals surface area contributed by atoms with E-state index in [9.17, 15) is 27.6 Å². The molecule has 0 heterocycles. The van der Waals surface area contributed by atoms with Crippen molar-refractivity contribution in [1.29, 1.82) is 0 Å². The van der Waals surface area contributed by atoms with E-state index in [4.69, 9.17) is 4.74 Å². The van der Waals surface area contributed by atoms with Crippen molar-refractivity contribution in [3.63, 3.8) is 0 Å². The van der Waals surface area contributed by atoms with Gasteiger partial charge in [-0.2, -0.15) is 18.3 Å². The Labute approximate surface area is 181 Å². The molecule has 0 atom stereocenters. The number of hydrogen-bond acceptors (Lipinski definition) is 5. The van der Waals surface area contributed by atoms with Gasteiger partial charge in [-0.15, -0.1) is 6.58 Å². The number of ether oxygens (including phenoxy) is 1. The molecule has 8 nitrogen and oxygen atoms in total. The van der Waals surface area contributed by atoms with E-state index in [2.05, 4.69) is 22.3 Å². The van der Waals surface area contributed by atoms with E-state index in [-0.39, 0.29) is 18.0 Å². The highest BCUT2D eigenvalue weighted by molar-refractivity contribution is 6.35. The first-order valence-corrected chi connectivity index (χ1v) is 9.12. The zero-order chi connectivity index (χ0) is 23.6. The molecule has 0 fully saturated rings. The Balaban J connectivity index is 1.98. The van der Waals surface area contributed by atoms with E-state index in [1.165, 1.54) is 30.5 Å². The molecule has 0 bridgehead atoms. The monoisotopic (exact) mass is 448 g/mol. The van der Waals surface area contributed by atoms with E-state index >= 15 is 0 Å². The Morgan fingerprint density at radius 1 is 1.03 bits per heavy atom. The third-order valence-corrected chi connectivity index (χ3v) is 3.77. The van der Waals surface area contributed by atoms with Crippen LogP contribution in [0.5, 0.6) is 5.75 Å². The van der Waals surface area contributed by atoms with E-state index in [0.717, 1.165) is 12.1 Å². The van der Waals surface area contributed by atoms with Crippen molar-refractivity contribution in [1.82, 2.24) is 10.7 Å². The SMILES string of the molecule is C=CCNC(=O)C(=O)N/N=C\c1ccccc1OCC(=O)Nc1ccccc1C(F)(F)F. The normalized spacial score (nSPS) is 11.0. The first kappa shape index (κ1) is 24.1. The van der Waals surface area contributed by atoms with Gasteiger partial charge in [-0.25, -0.2) is 5.43 Å². The molecule has 32 heavy (non-hydrogen) atoms. The molecule has 2 aromatic carbocycles. The molecule has 0 aliphatic carbocycles. The molecule has 0 aliphatic heterocycles. The van der Waals surface area contributed by atoms with E-state index in [1.54, 1.807) is 18.2 Å². The number of carbonyl (C=O) groups excluding carboxylic acids is 3. The summed E-state index contributed by atoms with van der Waals surface area (Å²) in [6.07, 6.45) is -2.04. The Morgan fingerprint density at radius 2 is 1.72 bits per heavy atom. The maximum absolute atomic E-state index is 13.0. The minimum absolute atomic E-state index is 0.113. The Bertz CT molecular complexity index is 1020. The van der Waals surface area contributed by atoms with Crippen molar-refractivity contribution in [2.75, 3.05) is 18.5 Å². The summed E-state index contributed by atoms with van der Waals surface area (Å²) < 4.78 is 44.5. The van der Waals surface area contributed by atoms with Crippen LogP contribution in [0.15, 0.2) is 66.3 Å². The quantitative estimate of drug-likeness (QED) is 0.250. The van der Waals surface area contributed by atoms with Crippen molar-refractivity contribution in [3.05, 3.63) is 72.3 Å². The van der Waals surface area contributed by atoms with Crippen molar-refractivity contribution < 1.29 is 32.3 Å². The maximum atomic E-state index is 13.0. The van der Waals surface area contributed by atoms with Gasteiger partial charge < -0.3 is 15.4 Å². The number of amides is 3. The summed E-state index contributed by atoms with van der Waals surface area (Å²) >= 11 is 0. The van der Waals surface area contributed by atoms with Crippen LogP contribution in [0.4, 0.5) is 18.9 Å². The predicted molar refractivity (Wildman–Crippen MR) is 111 cm³/mol. The summed E-state index contributed by atoms with van der Waals surface area (Å²) in [5, 5.41) is 8.09.